The van der Waals surface area contributed by atoms with Crippen molar-refractivity contribution in [2.45, 2.75) is 0 Å². The number of halogens is 1. The van der Waals surface area contributed by atoms with Crippen molar-refractivity contribution in [1.82, 2.24) is 0 Å². The second-order valence-corrected chi connectivity index (χ2v) is 0. The molecular formula is CH2BrOPd-. The van der Waals surface area contributed by atoms with Gasteiger partial charge in [0.2, 0.25) is 0 Å². The second kappa shape index (κ2) is 45.7. The Kier molecular flexibility index (Phi) is 243. The first-order chi connectivity index (χ1) is 1.00. The van der Waals surface area contributed by atoms with E-state index in [9.17, 15) is 0 Å². The van der Waals surface area contributed by atoms with Crippen LogP contribution in [-0.2, 0) is 25.2 Å². The normalized spacial score (nSPS) is 1.00. The zero-order valence-corrected chi connectivity index (χ0v) is 4.95. The van der Waals surface area contributed by atoms with E-state index in [1.165, 1.54) is 0 Å². The van der Waals surface area contributed by atoms with E-state index in [0.717, 1.165) is 0 Å². The summed E-state index contributed by atoms with van der Waals surface area (Å²) in [5.74, 6) is 0. The molecule has 0 aliphatic rings. The predicted molar refractivity (Wildman–Crippen MR) is 7.12 cm³/mol. The van der Waals surface area contributed by atoms with Crippen molar-refractivity contribution < 1.29 is 42.2 Å². The molecule has 0 rings (SSSR count). The molecule has 30 valence electrons. The Morgan fingerprint density at radius 2 is 1.25 bits per heavy atom. The van der Waals surface area contributed by atoms with Gasteiger partial charge in [-0.3, -0.25) is 0 Å². The van der Waals surface area contributed by atoms with Crippen LogP contribution in [0.5, 0.6) is 0 Å². The maximum atomic E-state index is 8.00. The average molecular weight is 216 g/mol. The van der Waals surface area contributed by atoms with E-state index in [2.05, 4.69) is 0 Å². The first kappa shape index (κ1) is 21.3. The first-order valence-corrected chi connectivity index (χ1v) is 0.289. The number of carbonyl (C=O) groups excluding carboxylic acids is 1. The Morgan fingerprint density at radius 3 is 1.25 bits per heavy atom. The monoisotopic (exact) mass is 215 g/mol. The van der Waals surface area contributed by atoms with Gasteiger partial charge >= 0.3 is 0 Å². The van der Waals surface area contributed by atoms with Crippen LogP contribution in [0.15, 0.2) is 0 Å². The number of rotatable bonds is 0. The molecule has 0 aliphatic carbocycles. The topological polar surface area (TPSA) is 17.1 Å². The molecule has 0 saturated heterocycles. The molecule has 0 fully saturated rings. The molecule has 3 heteroatoms. The summed E-state index contributed by atoms with van der Waals surface area (Å²) in [6, 6.07) is 0. The van der Waals surface area contributed by atoms with E-state index >= 15 is 0 Å². The van der Waals surface area contributed by atoms with Crippen molar-refractivity contribution in [1.29, 1.82) is 0 Å². The van der Waals surface area contributed by atoms with Gasteiger partial charge in [0.1, 0.15) is 6.79 Å². The van der Waals surface area contributed by atoms with E-state index in [4.69, 9.17) is 4.79 Å². The van der Waals surface area contributed by atoms with Crippen molar-refractivity contribution in [2.24, 2.45) is 0 Å². The van der Waals surface area contributed by atoms with E-state index in [0.29, 0.717) is 0 Å². The maximum Gasteiger partial charge on any atom is 0.106 e. The minimum atomic E-state index is 0. The molecule has 0 aromatic heterocycles. The van der Waals surface area contributed by atoms with Gasteiger partial charge in [0.15, 0.2) is 0 Å². The van der Waals surface area contributed by atoms with Gasteiger partial charge in [-0.25, -0.2) is 0 Å². The first-order valence-electron chi connectivity index (χ1n) is 0.289. The quantitative estimate of drug-likeness (QED) is 0.390. The summed E-state index contributed by atoms with van der Waals surface area (Å²) in [5, 5.41) is 0. The molecule has 0 aromatic rings. The molecule has 0 aromatic carbocycles. The van der Waals surface area contributed by atoms with Crippen molar-refractivity contribution in [3.05, 3.63) is 0 Å². The number of hydrogen-bond acceptors (Lipinski definition) is 1. The van der Waals surface area contributed by atoms with Gasteiger partial charge in [0.25, 0.3) is 0 Å². The third-order valence-corrected chi connectivity index (χ3v) is 0. The molecular weight excluding hydrogens is 214 g/mol. The fraction of sp³-hybridized carbons (Fsp3) is 0. The summed E-state index contributed by atoms with van der Waals surface area (Å²) in [5.41, 5.74) is 0. The maximum absolute atomic E-state index is 8.00. The molecule has 0 amide bonds. The molecule has 0 heterocycles. The number of hydrogen-bond donors (Lipinski definition) is 0. The molecule has 0 spiro atoms. The van der Waals surface area contributed by atoms with Crippen molar-refractivity contribution in [3.8, 4) is 0 Å². The summed E-state index contributed by atoms with van der Waals surface area (Å²) in [4.78, 5) is 8.00. The molecule has 0 unspecified atom stereocenters. The summed E-state index contributed by atoms with van der Waals surface area (Å²) in [6.45, 7) is 2.00. The third kappa shape index (κ3) is 14.0. The second-order valence-electron chi connectivity index (χ2n) is 0. The largest absolute Gasteiger partial charge is 1.00 e. The molecule has 1 nitrogen and oxygen atoms in total. The van der Waals surface area contributed by atoms with Gasteiger partial charge in [-0.1, -0.05) is 0 Å². The van der Waals surface area contributed by atoms with E-state index in [-0.39, 0.29) is 37.4 Å². The van der Waals surface area contributed by atoms with Gasteiger partial charge in [-0.15, -0.1) is 0 Å². The van der Waals surface area contributed by atoms with Crippen LogP contribution in [-0.4, -0.2) is 6.79 Å². The van der Waals surface area contributed by atoms with Gasteiger partial charge in [0.05, 0.1) is 0 Å². The van der Waals surface area contributed by atoms with E-state index in [1.54, 1.807) is 0 Å². The van der Waals surface area contributed by atoms with Crippen LogP contribution in [0.3, 0.4) is 0 Å². The predicted octanol–water partition coefficient (Wildman–Crippen LogP) is -3.18. The van der Waals surface area contributed by atoms with Gasteiger partial charge in [-0.2, -0.15) is 0 Å². The van der Waals surface area contributed by atoms with Gasteiger partial charge in [0, 0.05) is 20.4 Å². The molecule has 4 heavy (non-hydrogen) atoms. The zero-order chi connectivity index (χ0) is 2.00. The van der Waals surface area contributed by atoms with Crippen molar-refractivity contribution in [2.75, 3.05) is 0 Å². The minimum Gasteiger partial charge on any atom is -1.00 e. The Balaban J connectivity index is -0.00000000500. The molecule has 0 atom stereocenters. The number of carbonyl (C=O) groups is 1. The third-order valence-electron chi connectivity index (χ3n) is 0. The average Bonchev–Trinajstić information content (AvgIpc) is 1.00. The van der Waals surface area contributed by atoms with Crippen molar-refractivity contribution in [3.63, 3.8) is 0 Å². The molecule has 0 saturated carbocycles. The van der Waals surface area contributed by atoms with Crippen LogP contribution >= 0.6 is 0 Å². The molecule has 0 bridgehead atoms. The molecule has 0 aliphatic heterocycles. The van der Waals surface area contributed by atoms with Crippen LogP contribution < -0.4 is 17.0 Å². The van der Waals surface area contributed by atoms with Crippen molar-refractivity contribution >= 4 is 6.79 Å². The van der Waals surface area contributed by atoms with Crippen LogP contribution in [0.2, 0.25) is 0 Å². The summed E-state index contributed by atoms with van der Waals surface area (Å²) in [7, 11) is 0. The smallest absolute Gasteiger partial charge is 0.106 e. The Labute approximate surface area is 49.2 Å². The summed E-state index contributed by atoms with van der Waals surface area (Å²) >= 11 is 0. The summed E-state index contributed by atoms with van der Waals surface area (Å²) in [6.07, 6.45) is 0. The van der Waals surface area contributed by atoms with Crippen LogP contribution in [0.25, 0.3) is 0 Å². The SMILES string of the molecule is C=O.[Br-].[Pd]. The van der Waals surface area contributed by atoms with E-state index < -0.39 is 0 Å². The molecule has 0 radical (unpaired) electrons. The van der Waals surface area contributed by atoms with Gasteiger partial charge in [-0.05, 0) is 0 Å². The van der Waals surface area contributed by atoms with Crippen LogP contribution in [0.1, 0.15) is 0 Å². The zero-order valence-electron chi connectivity index (χ0n) is 1.81. The Bertz CT molecular complexity index is 8.00. The van der Waals surface area contributed by atoms with E-state index in [1.807, 2.05) is 6.79 Å². The fourth-order valence-electron chi connectivity index (χ4n) is 0. The Hall–Kier alpha value is 0.812. The minimum absolute atomic E-state index is 0. The van der Waals surface area contributed by atoms with Crippen LogP contribution in [0, 0.1) is 0 Å². The fourth-order valence-corrected chi connectivity index (χ4v) is 0. The van der Waals surface area contributed by atoms with Gasteiger partial charge < -0.3 is 21.8 Å². The molecule has 0 N–H and O–H groups in total. The Morgan fingerprint density at radius 1 is 1.25 bits per heavy atom. The summed E-state index contributed by atoms with van der Waals surface area (Å²) < 4.78 is 0. The standard InChI is InChI=1S/CH2O.BrH.Pd/c1-2;;/h1H2;1H;/p-1. The van der Waals surface area contributed by atoms with Crippen LogP contribution in [0.4, 0.5) is 0 Å².